The van der Waals surface area contributed by atoms with Gasteiger partial charge < -0.3 is 15.1 Å². The summed E-state index contributed by atoms with van der Waals surface area (Å²) in [7, 11) is 1.64. The van der Waals surface area contributed by atoms with Crippen LogP contribution in [-0.2, 0) is 14.4 Å². The first kappa shape index (κ1) is 20.4. The zero-order chi connectivity index (χ0) is 20.4. The Labute approximate surface area is 167 Å². The van der Waals surface area contributed by atoms with Gasteiger partial charge in [-0.1, -0.05) is 30.5 Å². The number of carbonyl (C=O) groups excluding carboxylic acids is 3. The molecule has 2 fully saturated rings. The van der Waals surface area contributed by atoms with E-state index in [-0.39, 0.29) is 36.6 Å². The van der Waals surface area contributed by atoms with E-state index in [0.29, 0.717) is 12.6 Å². The molecule has 0 radical (unpaired) electrons. The predicted octanol–water partition coefficient (Wildman–Crippen LogP) is 2.80. The average Bonchev–Trinajstić information content (AvgIpc) is 3.26. The number of carbonyl (C=O) groups is 3. The Balaban J connectivity index is 1.57. The van der Waals surface area contributed by atoms with Gasteiger partial charge in [-0.05, 0) is 44.7 Å². The number of anilines is 1. The van der Waals surface area contributed by atoms with Gasteiger partial charge in [0.05, 0.1) is 12.5 Å². The third kappa shape index (κ3) is 4.37. The van der Waals surface area contributed by atoms with Crippen LogP contribution in [0.4, 0.5) is 5.69 Å². The van der Waals surface area contributed by atoms with Crippen molar-refractivity contribution in [1.29, 1.82) is 0 Å². The Kier molecular flexibility index (Phi) is 6.06. The predicted molar refractivity (Wildman–Crippen MR) is 109 cm³/mol. The van der Waals surface area contributed by atoms with Crippen LogP contribution in [0.5, 0.6) is 0 Å². The van der Waals surface area contributed by atoms with E-state index in [1.807, 2.05) is 37.8 Å². The lowest BCUT2D eigenvalue weighted by Crippen LogP contribution is -2.40. The normalized spacial score (nSPS) is 19.9. The van der Waals surface area contributed by atoms with Gasteiger partial charge in [0.25, 0.3) is 0 Å². The summed E-state index contributed by atoms with van der Waals surface area (Å²) < 4.78 is 0. The number of hydrogen-bond donors (Lipinski definition) is 1. The van der Waals surface area contributed by atoms with Gasteiger partial charge >= 0.3 is 0 Å². The standard InChI is InChI=1S/C22H31N3O3/c1-14-9-15(2)21(16(3)10-14)23-19(26)13-24(4)22(28)17-11-20(27)25(12-17)18-7-5-6-8-18/h9-10,17-18H,5-8,11-13H2,1-4H3,(H,23,26). The van der Waals surface area contributed by atoms with E-state index in [1.165, 1.54) is 4.90 Å². The number of nitrogens with one attached hydrogen (secondary N) is 1. The Morgan fingerprint density at radius 1 is 1.14 bits per heavy atom. The minimum atomic E-state index is -0.339. The summed E-state index contributed by atoms with van der Waals surface area (Å²) in [6.45, 7) is 6.43. The van der Waals surface area contributed by atoms with Crippen LogP contribution < -0.4 is 5.32 Å². The molecule has 1 aromatic rings. The van der Waals surface area contributed by atoms with Crippen molar-refractivity contribution in [3.63, 3.8) is 0 Å². The molecule has 1 saturated heterocycles. The Hall–Kier alpha value is -2.37. The Bertz CT molecular complexity index is 760. The van der Waals surface area contributed by atoms with Gasteiger partial charge in [0, 0.05) is 31.7 Å². The third-order valence-electron chi connectivity index (χ3n) is 5.97. The topological polar surface area (TPSA) is 69.7 Å². The van der Waals surface area contributed by atoms with E-state index in [9.17, 15) is 14.4 Å². The summed E-state index contributed by atoms with van der Waals surface area (Å²) in [4.78, 5) is 41.0. The van der Waals surface area contributed by atoms with Gasteiger partial charge in [-0.15, -0.1) is 0 Å². The highest BCUT2D eigenvalue weighted by Gasteiger charge is 2.39. The molecule has 0 spiro atoms. The van der Waals surface area contributed by atoms with E-state index in [0.717, 1.165) is 48.1 Å². The molecule has 28 heavy (non-hydrogen) atoms. The lowest BCUT2D eigenvalue weighted by Gasteiger charge is -2.25. The van der Waals surface area contributed by atoms with Crippen LogP contribution in [0.25, 0.3) is 0 Å². The number of likely N-dealkylation sites (N-methyl/N-ethyl adjacent to an activating group) is 1. The molecule has 152 valence electrons. The molecule has 0 aromatic heterocycles. The number of aryl methyl sites for hydroxylation is 3. The largest absolute Gasteiger partial charge is 0.339 e. The van der Waals surface area contributed by atoms with Crippen molar-refractivity contribution in [3.8, 4) is 0 Å². The lowest BCUT2D eigenvalue weighted by molar-refractivity contribution is -0.137. The van der Waals surface area contributed by atoms with Crippen LogP contribution in [0.1, 0.15) is 48.8 Å². The average molecular weight is 386 g/mol. The third-order valence-corrected chi connectivity index (χ3v) is 5.97. The number of benzene rings is 1. The van der Waals surface area contributed by atoms with E-state index < -0.39 is 0 Å². The molecule has 3 rings (SSSR count). The summed E-state index contributed by atoms with van der Waals surface area (Å²) in [6, 6.07) is 4.35. The highest BCUT2D eigenvalue weighted by Crippen LogP contribution is 2.30. The van der Waals surface area contributed by atoms with Crippen LogP contribution in [0.15, 0.2) is 12.1 Å². The molecule has 1 heterocycles. The summed E-state index contributed by atoms with van der Waals surface area (Å²) >= 11 is 0. The first-order chi connectivity index (χ1) is 13.3. The Morgan fingerprint density at radius 2 is 1.75 bits per heavy atom. The van der Waals surface area contributed by atoms with Crippen molar-refractivity contribution >= 4 is 23.4 Å². The fraction of sp³-hybridized carbons (Fsp3) is 0.591. The molecule has 6 nitrogen and oxygen atoms in total. The highest BCUT2D eigenvalue weighted by molar-refractivity contribution is 5.97. The fourth-order valence-electron chi connectivity index (χ4n) is 4.63. The monoisotopic (exact) mass is 385 g/mol. The zero-order valence-corrected chi connectivity index (χ0v) is 17.4. The summed E-state index contributed by atoms with van der Waals surface area (Å²) in [5.41, 5.74) is 3.97. The highest BCUT2D eigenvalue weighted by atomic mass is 16.2. The second kappa shape index (κ2) is 8.33. The lowest BCUT2D eigenvalue weighted by atomic mass is 10.0. The van der Waals surface area contributed by atoms with Crippen LogP contribution in [0.3, 0.4) is 0 Å². The number of hydrogen-bond acceptors (Lipinski definition) is 3. The number of rotatable bonds is 5. The van der Waals surface area contributed by atoms with Crippen LogP contribution >= 0.6 is 0 Å². The second-order valence-electron chi connectivity index (χ2n) is 8.40. The van der Waals surface area contributed by atoms with Gasteiger partial charge in [0.2, 0.25) is 17.7 Å². The van der Waals surface area contributed by atoms with Gasteiger partial charge in [-0.3, -0.25) is 14.4 Å². The summed E-state index contributed by atoms with van der Waals surface area (Å²) in [5, 5.41) is 2.93. The van der Waals surface area contributed by atoms with Crippen LogP contribution in [-0.4, -0.2) is 53.7 Å². The maximum atomic E-state index is 12.8. The zero-order valence-electron chi connectivity index (χ0n) is 17.4. The van der Waals surface area contributed by atoms with Gasteiger partial charge in [0.15, 0.2) is 0 Å². The van der Waals surface area contributed by atoms with E-state index in [2.05, 4.69) is 5.32 Å². The van der Waals surface area contributed by atoms with Crippen LogP contribution in [0.2, 0.25) is 0 Å². The van der Waals surface area contributed by atoms with Crippen molar-refractivity contribution in [1.82, 2.24) is 9.80 Å². The van der Waals surface area contributed by atoms with Crippen molar-refractivity contribution in [3.05, 3.63) is 28.8 Å². The molecule has 1 aliphatic heterocycles. The molecule has 2 aliphatic rings. The fourth-order valence-corrected chi connectivity index (χ4v) is 4.63. The first-order valence-electron chi connectivity index (χ1n) is 10.2. The molecular formula is C22H31N3O3. The maximum Gasteiger partial charge on any atom is 0.243 e. The first-order valence-corrected chi connectivity index (χ1v) is 10.2. The molecule has 1 atom stereocenters. The molecule has 1 saturated carbocycles. The quantitative estimate of drug-likeness (QED) is 0.847. The molecule has 1 unspecified atom stereocenters. The Morgan fingerprint density at radius 3 is 2.36 bits per heavy atom. The molecule has 3 amide bonds. The van der Waals surface area contributed by atoms with E-state index >= 15 is 0 Å². The molecular weight excluding hydrogens is 354 g/mol. The molecule has 1 aromatic carbocycles. The van der Waals surface area contributed by atoms with Crippen molar-refractivity contribution in [2.24, 2.45) is 5.92 Å². The number of likely N-dealkylation sites (tertiary alicyclic amines) is 1. The van der Waals surface area contributed by atoms with Gasteiger partial charge in [0.1, 0.15) is 0 Å². The second-order valence-corrected chi connectivity index (χ2v) is 8.40. The van der Waals surface area contributed by atoms with Gasteiger partial charge in [-0.25, -0.2) is 0 Å². The molecule has 1 N–H and O–H groups in total. The number of amides is 3. The van der Waals surface area contributed by atoms with Crippen molar-refractivity contribution < 1.29 is 14.4 Å². The SMILES string of the molecule is Cc1cc(C)c(NC(=O)CN(C)C(=O)C2CC(=O)N(C3CCCC3)C2)c(C)c1. The summed E-state index contributed by atoms with van der Waals surface area (Å²) in [6.07, 6.45) is 4.66. The molecule has 0 bridgehead atoms. The number of nitrogens with zero attached hydrogens (tertiary/aromatic N) is 2. The molecule has 1 aliphatic carbocycles. The van der Waals surface area contributed by atoms with Crippen molar-refractivity contribution in [2.75, 3.05) is 25.5 Å². The smallest absolute Gasteiger partial charge is 0.243 e. The minimum Gasteiger partial charge on any atom is -0.339 e. The minimum absolute atomic E-state index is 0.0142. The van der Waals surface area contributed by atoms with Gasteiger partial charge in [-0.2, -0.15) is 0 Å². The maximum absolute atomic E-state index is 12.8. The van der Waals surface area contributed by atoms with E-state index in [1.54, 1.807) is 7.05 Å². The summed E-state index contributed by atoms with van der Waals surface area (Å²) in [5.74, 6) is -0.605. The molecule has 6 heteroatoms. The van der Waals surface area contributed by atoms with Crippen molar-refractivity contribution in [2.45, 2.75) is 58.9 Å². The van der Waals surface area contributed by atoms with Crippen LogP contribution in [0, 0.1) is 26.7 Å². The van der Waals surface area contributed by atoms with E-state index in [4.69, 9.17) is 0 Å².